The van der Waals surface area contributed by atoms with Crippen LogP contribution in [-0.4, -0.2) is 15.5 Å². The van der Waals surface area contributed by atoms with Gasteiger partial charge < -0.3 is 5.41 Å². The summed E-state index contributed by atoms with van der Waals surface area (Å²) in [7, 11) is 0. The monoisotopic (exact) mass is 332 g/mol. The topological polar surface area (TPSA) is 113 Å². The normalized spacial score (nSPS) is 27.4. The minimum Gasteiger partial charge on any atom is -0.305 e. The summed E-state index contributed by atoms with van der Waals surface area (Å²) in [5.41, 5.74) is 0.984. The van der Waals surface area contributed by atoms with E-state index in [4.69, 9.17) is 5.41 Å². The van der Waals surface area contributed by atoms with Crippen LogP contribution >= 0.6 is 0 Å². The van der Waals surface area contributed by atoms with Gasteiger partial charge in [0.2, 0.25) is 0 Å². The van der Waals surface area contributed by atoms with E-state index in [-0.39, 0.29) is 11.6 Å². The number of nitriles is 3. The van der Waals surface area contributed by atoms with Gasteiger partial charge in [-0.15, -0.1) is 0 Å². The van der Waals surface area contributed by atoms with E-state index in [2.05, 4.69) is 23.3 Å². The molecule has 0 bridgehead atoms. The molecule has 0 spiro atoms. The maximum atomic E-state index is 9.93. The van der Waals surface area contributed by atoms with E-state index in [1.807, 2.05) is 24.6 Å². The second-order valence-corrected chi connectivity index (χ2v) is 6.73. The third kappa shape index (κ3) is 2.20. The third-order valence-electron chi connectivity index (χ3n) is 5.70. The summed E-state index contributed by atoms with van der Waals surface area (Å²) < 4.78 is 1.85. The standard InChI is InChI=1S/C19H20N6/c1-3-25-12(2)16(9-24-25)17-14-7-5-4-6-13(14)15(8-20)18(23)19(17,10-21)11-22/h6,9,14-15,17,23H,3-5,7H2,1-2H3/t14-,15+,17-/m0/s1. The summed E-state index contributed by atoms with van der Waals surface area (Å²) in [6.45, 7) is 4.64. The van der Waals surface area contributed by atoms with E-state index < -0.39 is 17.3 Å². The Morgan fingerprint density at radius 2 is 2.08 bits per heavy atom. The van der Waals surface area contributed by atoms with E-state index in [1.54, 1.807) is 6.20 Å². The minimum atomic E-state index is -1.62. The zero-order valence-corrected chi connectivity index (χ0v) is 14.5. The minimum absolute atomic E-state index is 0.0694. The molecule has 0 radical (unpaired) electrons. The molecule has 6 nitrogen and oxygen atoms in total. The lowest BCUT2D eigenvalue weighted by Gasteiger charge is -2.45. The van der Waals surface area contributed by atoms with Crippen LogP contribution in [0.3, 0.4) is 0 Å². The Morgan fingerprint density at radius 3 is 2.64 bits per heavy atom. The van der Waals surface area contributed by atoms with Crippen molar-refractivity contribution in [2.24, 2.45) is 17.3 Å². The highest BCUT2D eigenvalue weighted by atomic mass is 15.3. The number of allylic oxidation sites excluding steroid dienone is 2. The molecule has 1 saturated carbocycles. The van der Waals surface area contributed by atoms with Crippen LogP contribution in [0.4, 0.5) is 0 Å². The van der Waals surface area contributed by atoms with Crippen molar-refractivity contribution in [1.82, 2.24) is 9.78 Å². The highest BCUT2D eigenvalue weighted by molar-refractivity contribution is 6.00. The molecule has 1 fully saturated rings. The molecule has 0 saturated heterocycles. The van der Waals surface area contributed by atoms with Crippen molar-refractivity contribution >= 4 is 5.71 Å². The summed E-state index contributed by atoms with van der Waals surface area (Å²) in [4.78, 5) is 0. The Hall–Kier alpha value is -2.91. The predicted octanol–water partition coefficient (Wildman–Crippen LogP) is 3.23. The van der Waals surface area contributed by atoms with Crippen molar-refractivity contribution in [3.8, 4) is 18.2 Å². The molecule has 0 unspecified atom stereocenters. The Labute approximate surface area is 147 Å². The number of fused-ring (bicyclic) bond motifs is 1. The maximum absolute atomic E-state index is 9.93. The zero-order valence-electron chi connectivity index (χ0n) is 14.5. The van der Waals surface area contributed by atoms with Crippen LogP contribution in [-0.2, 0) is 6.54 Å². The van der Waals surface area contributed by atoms with Crippen LogP contribution in [0.1, 0.15) is 43.4 Å². The smallest absolute Gasteiger partial charge is 0.189 e. The van der Waals surface area contributed by atoms with Gasteiger partial charge in [-0.1, -0.05) is 6.08 Å². The first-order chi connectivity index (χ1) is 12.1. The predicted molar refractivity (Wildman–Crippen MR) is 91.3 cm³/mol. The van der Waals surface area contributed by atoms with E-state index in [9.17, 15) is 15.8 Å². The number of aryl methyl sites for hydroxylation is 1. The molecule has 3 rings (SSSR count). The van der Waals surface area contributed by atoms with Gasteiger partial charge in [-0.05, 0) is 50.2 Å². The lowest BCUT2D eigenvalue weighted by molar-refractivity contribution is 0.319. The molecule has 1 aromatic heterocycles. The van der Waals surface area contributed by atoms with Crippen LogP contribution in [0.25, 0.3) is 0 Å². The number of rotatable bonds is 2. The molecule has 0 amide bonds. The number of hydrogen-bond acceptors (Lipinski definition) is 5. The van der Waals surface area contributed by atoms with Crippen LogP contribution in [0.15, 0.2) is 17.8 Å². The van der Waals surface area contributed by atoms with Gasteiger partial charge in [0, 0.05) is 18.2 Å². The van der Waals surface area contributed by atoms with Gasteiger partial charge in [-0.2, -0.15) is 20.9 Å². The van der Waals surface area contributed by atoms with Gasteiger partial charge in [0.25, 0.3) is 0 Å². The fraction of sp³-hybridized carbons (Fsp3) is 0.526. The van der Waals surface area contributed by atoms with Gasteiger partial charge in [0.1, 0.15) is 5.92 Å². The van der Waals surface area contributed by atoms with Crippen molar-refractivity contribution in [2.75, 3.05) is 0 Å². The first kappa shape index (κ1) is 16.9. The lowest BCUT2D eigenvalue weighted by Crippen LogP contribution is -2.48. The number of nitrogens with zero attached hydrogens (tertiary/aromatic N) is 5. The quantitative estimate of drug-likeness (QED) is 0.837. The number of aromatic nitrogens is 2. The van der Waals surface area contributed by atoms with Crippen molar-refractivity contribution in [2.45, 2.75) is 45.6 Å². The third-order valence-corrected chi connectivity index (χ3v) is 5.70. The summed E-state index contributed by atoms with van der Waals surface area (Å²) in [6, 6.07) is 6.40. The molecule has 1 heterocycles. The van der Waals surface area contributed by atoms with Crippen molar-refractivity contribution in [3.05, 3.63) is 29.1 Å². The Morgan fingerprint density at radius 1 is 1.36 bits per heavy atom. The van der Waals surface area contributed by atoms with Crippen LogP contribution in [0.2, 0.25) is 0 Å². The maximum Gasteiger partial charge on any atom is 0.189 e. The first-order valence-electron chi connectivity index (χ1n) is 8.59. The molecule has 6 heteroatoms. The van der Waals surface area contributed by atoms with E-state index in [1.165, 1.54) is 0 Å². The van der Waals surface area contributed by atoms with Gasteiger partial charge in [0.05, 0.1) is 30.1 Å². The fourth-order valence-corrected chi connectivity index (χ4v) is 4.44. The fourth-order valence-electron chi connectivity index (χ4n) is 4.44. The van der Waals surface area contributed by atoms with E-state index in [0.29, 0.717) is 6.54 Å². The molecule has 2 aliphatic rings. The van der Waals surface area contributed by atoms with Gasteiger partial charge in [0.15, 0.2) is 5.41 Å². The largest absolute Gasteiger partial charge is 0.305 e. The molecule has 0 aliphatic heterocycles. The average Bonchev–Trinajstić information content (AvgIpc) is 3.01. The summed E-state index contributed by atoms with van der Waals surface area (Å²) >= 11 is 0. The second-order valence-electron chi connectivity index (χ2n) is 6.73. The Balaban J connectivity index is 2.27. The summed E-state index contributed by atoms with van der Waals surface area (Å²) in [6.07, 6.45) is 6.44. The van der Waals surface area contributed by atoms with Crippen LogP contribution in [0, 0.1) is 63.6 Å². The Bertz CT molecular complexity index is 855. The van der Waals surface area contributed by atoms with Gasteiger partial charge >= 0.3 is 0 Å². The van der Waals surface area contributed by atoms with Crippen LogP contribution in [0.5, 0.6) is 0 Å². The Kier molecular flexibility index (Phi) is 4.19. The van der Waals surface area contributed by atoms with E-state index >= 15 is 0 Å². The summed E-state index contributed by atoms with van der Waals surface area (Å²) in [5.74, 6) is -1.30. The van der Waals surface area contributed by atoms with E-state index in [0.717, 1.165) is 36.1 Å². The highest BCUT2D eigenvalue weighted by Crippen LogP contribution is 2.55. The lowest BCUT2D eigenvalue weighted by atomic mass is 9.53. The molecular formula is C19H20N6. The number of nitrogens with one attached hydrogen (secondary N) is 1. The molecule has 1 N–H and O–H groups in total. The zero-order chi connectivity index (χ0) is 18.2. The van der Waals surface area contributed by atoms with Gasteiger partial charge in [-0.3, -0.25) is 4.68 Å². The SMILES string of the molecule is CCn1ncc([C@@H]2[C@H]3CCCC=C3[C@@H](C#N)C(=N)C2(C#N)C#N)c1C. The van der Waals surface area contributed by atoms with Crippen molar-refractivity contribution in [1.29, 1.82) is 21.2 Å². The average molecular weight is 332 g/mol. The van der Waals surface area contributed by atoms with Gasteiger partial charge in [-0.25, -0.2) is 0 Å². The second kappa shape index (κ2) is 6.19. The van der Waals surface area contributed by atoms with Crippen molar-refractivity contribution in [3.63, 3.8) is 0 Å². The summed E-state index contributed by atoms with van der Waals surface area (Å²) in [5, 5.41) is 42.4. The van der Waals surface area contributed by atoms with Crippen molar-refractivity contribution < 1.29 is 0 Å². The first-order valence-corrected chi connectivity index (χ1v) is 8.59. The van der Waals surface area contributed by atoms with Crippen LogP contribution < -0.4 is 0 Å². The molecule has 126 valence electrons. The molecule has 2 aliphatic carbocycles. The highest BCUT2D eigenvalue weighted by Gasteiger charge is 2.57. The molecule has 1 aromatic rings. The molecule has 25 heavy (non-hydrogen) atoms. The molecule has 3 atom stereocenters. The molecule has 0 aromatic carbocycles. The molecular weight excluding hydrogens is 312 g/mol. The number of hydrogen-bond donors (Lipinski definition) is 1.